The van der Waals surface area contributed by atoms with Gasteiger partial charge in [0, 0.05) is 35.3 Å². The van der Waals surface area contributed by atoms with E-state index in [0.717, 1.165) is 51.5 Å². The fourth-order valence-electron chi connectivity index (χ4n) is 5.01. The molecule has 5 rings (SSSR count). The number of nitrogens with zero attached hydrogens (tertiary/aromatic N) is 1. The van der Waals surface area contributed by atoms with Gasteiger partial charge < -0.3 is 14.4 Å². The van der Waals surface area contributed by atoms with E-state index in [2.05, 4.69) is 106 Å². The molecule has 5 aromatic rings. The molecule has 0 radical (unpaired) electrons. The SMILES string of the molecule is C=CC(=O)Oc1cc(OC(=O)C=C)cc(-c2ccc(-c3ccc(N(c4ccc(C)c(C)c4)c4ccc(C)c(C)c4)cc3)cc2)c1. The van der Waals surface area contributed by atoms with Crippen LogP contribution in [0.4, 0.5) is 17.1 Å². The molecule has 0 amide bonds. The minimum absolute atomic E-state index is 0.237. The number of hydrogen-bond acceptors (Lipinski definition) is 5. The van der Waals surface area contributed by atoms with Gasteiger partial charge >= 0.3 is 11.9 Å². The number of carbonyl (C=O) groups excluding carboxylic acids is 2. The van der Waals surface area contributed by atoms with E-state index >= 15 is 0 Å². The second-order valence-electron chi connectivity index (χ2n) is 10.9. The minimum atomic E-state index is -0.611. The zero-order chi connectivity index (χ0) is 32.1. The van der Waals surface area contributed by atoms with Gasteiger partial charge in [0.25, 0.3) is 0 Å². The summed E-state index contributed by atoms with van der Waals surface area (Å²) >= 11 is 0. The zero-order valence-corrected chi connectivity index (χ0v) is 26.0. The van der Waals surface area contributed by atoms with Crippen molar-refractivity contribution < 1.29 is 19.1 Å². The van der Waals surface area contributed by atoms with Gasteiger partial charge in [0.1, 0.15) is 11.5 Å². The third kappa shape index (κ3) is 7.11. The van der Waals surface area contributed by atoms with Crippen molar-refractivity contribution in [3.63, 3.8) is 0 Å². The van der Waals surface area contributed by atoms with Crippen LogP contribution in [0.15, 0.2) is 128 Å². The smallest absolute Gasteiger partial charge is 0.335 e. The summed E-state index contributed by atoms with van der Waals surface area (Å²) in [7, 11) is 0. The molecule has 0 heterocycles. The molecule has 0 N–H and O–H groups in total. The van der Waals surface area contributed by atoms with Gasteiger partial charge in [-0.1, -0.05) is 61.7 Å². The van der Waals surface area contributed by atoms with Crippen LogP contribution in [-0.4, -0.2) is 11.9 Å². The molecule has 0 atom stereocenters. The molecule has 0 spiro atoms. The van der Waals surface area contributed by atoms with Crippen LogP contribution in [0.1, 0.15) is 22.3 Å². The average Bonchev–Trinajstić information content (AvgIpc) is 3.04. The largest absolute Gasteiger partial charge is 0.423 e. The number of esters is 2. The first-order chi connectivity index (χ1) is 21.6. The normalized spacial score (nSPS) is 10.6. The maximum Gasteiger partial charge on any atom is 0.335 e. The quantitative estimate of drug-likeness (QED) is 0.0967. The van der Waals surface area contributed by atoms with Crippen LogP contribution in [0, 0.1) is 27.7 Å². The van der Waals surface area contributed by atoms with E-state index in [1.165, 1.54) is 28.3 Å². The zero-order valence-electron chi connectivity index (χ0n) is 26.0. The van der Waals surface area contributed by atoms with Gasteiger partial charge in [-0.05, 0) is 121 Å². The number of ether oxygens (including phenoxy) is 2. The summed E-state index contributed by atoms with van der Waals surface area (Å²) in [5.41, 5.74) is 12.0. The fraction of sp³-hybridized carbons (Fsp3) is 0.100. The average molecular weight is 594 g/mol. The molecular formula is C40H35NO4. The van der Waals surface area contributed by atoms with Gasteiger partial charge in [0.05, 0.1) is 0 Å². The molecule has 0 bridgehead atoms. The Morgan fingerprint density at radius 2 is 0.867 bits per heavy atom. The van der Waals surface area contributed by atoms with Gasteiger partial charge in [0.2, 0.25) is 0 Å². The second kappa shape index (κ2) is 13.3. The lowest BCUT2D eigenvalue weighted by Gasteiger charge is -2.27. The van der Waals surface area contributed by atoms with Crippen LogP contribution in [0.5, 0.6) is 11.5 Å². The van der Waals surface area contributed by atoms with Gasteiger partial charge in [-0.2, -0.15) is 0 Å². The van der Waals surface area contributed by atoms with Gasteiger partial charge in [-0.15, -0.1) is 0 Å². The van der Waals surface area contributed by atoms with Crippen molar-refractivity contribution in [2.45, 2.75) is 27.7 Å². The summed E-state index contributed by atoms with van der Waals surface area (Å²) in [6.07, 6.45) is 2.15. The number of rotatable bonds is 9. The topological polar surface area (TPSA) is 55.8 Å². The fourth-order valence-corrected chi connectivity index (χ4v) is 5.01. The molecule has 5 aromatic carbocycles. The summed E-state index contributed by atoms with van der Waals surface area (Å²) in [6, 6.07) is 34.6. The Kier molecular flexibility index (Phi) is 9.10. The first-order valence-electron chi connectivity index (χ1n) is 14.6. The molecule has 0 aliphatic carbocycles. The molecular weight excluding hydrogens is 558 g/mol. The first kappa shape index (κ1) is 30.8. The number of aryl methyl sites for hydroxylation is 4. The van der Waals surface area contributed by atoms with Crippen molar-refractivity contribution in [1.82, 2.24) is 0 Å². The highest BCUT2D eigenvalue weighted by Gasteiger charge is 2.15. The molecule has 5 heteroatoms. The highest BCUT2D eigenvalue weighted by molar-refractivity contribution is 5.86. The van der Waals surface area contributed by atoms with Crippen LogP contribution in [-0.2, 0) is 9.59 Å². The number of benzene rings is 5. The monoisotopic (exact) mass is 593 g/mol. The maximum absolute atomic E-state index is 11.8. The lowest BCUT2D eigenvalue weighted by Crippen LogP contribution is -2.10. The van der Waals surface area contributed by atoms with E-state index in [9.17, 15) is 9.59 Å². The van der Waals surface area contributed by atoms with E-state index in [1.54, 1.807) is 12.1 Å². The van der Waals surface area contributed by atoms with E-state index in [0.29, 0.717) is 0 Å². The van der Waals surface area contributed by atoms with Crippen LogP contribution in [0.3, 0.4) is 0 Å². The van der Waals surface area contributed by atoms with Crippen LogP contribution >= 0.6 is 0 Å². The lowest BCUT2D eigenvalue weighted by atomic mass is 9.99. The van der Waals surface area contributed by atoms with Crippen molar-refractivity contribution in [2.75, 3.05) is 4.90 Å². The van der Waals surface area contributed by atoms with Gasteiger partial charge in [0.15, 0.2) is 0 Å². The Bertz CT molecular complexity index is 1810. The van der Waals surface area contributed by atoms with Crippen molar-refractivity contribution in [1.29, 1.82) is 0 Å². The van der Waals surface area contributed by atoms with E-state index in [1.807, 2.05) is 24.3 Å². The van der Waals surface area contributed by atoms with Crippen molar-refractivity contribution >= 4 is 29.0 Å². The predicted octanol–water partition coefficient (Wildman–Crippen LogP) is 9.91. The van der Waals surface area contributed by atoms with Crippen LogP contribution in [0.25, 0.3) is 22.3 Å². The van der Waals surface area contributed by atoms with Crippen molar-refractivity contribution in [3.05, 3.63) is 151 Å². The third-order valence-electron chi connectivity index (χ3n) is 7.82. The molecule has 0 fully saturated rings. The lowest BCUT2D eigenvalue weighted by molar-refractivity contribution is -0.129. The second-order valence-corrected chi connectivity index (χ2v) is 10.9. The van der Waals surface area contributed by atoms with Gasteiger partial charge in [-0.3, -0.25) is 0 Å². The Morgan fingerprint density at radius 1 is 0.489 bits per heavy atom. The molecule has 0 aliphatic rings. The Hall–Kier alpha value is -5.68. The molecule has 224 valence electrons. The molecule has 0 aromatic heterocycles. The third-order valence-corrected chi connectivity index (χ3v) is 7.82. The van der Waals surface area contributed by atoms with Crippen LogP contribution < -0.4 is 14.4 Å². The number of carbonyl (C=O) groups is 2. The summed E-state index contributed by atoms with van der Waals surface area (Å²) in [5.74, 6) is -0.747. The summed E-state index contributed by atoms with van der Waals surface area (Å²) in [5, 5.41) is 0. The standard InChI is InChI=1S/C40H35NO4/c1-7-39(42)44-37-23-33(24-38(25-37)45-40(43)8-2)32-13-11-30(12-14-32)31-15-19-34(20-16-31)41(35-17-9-26(3)28(5)21-35)36-18-10-27(4)29(6)22-36/h7-25H,1-2H2,3-6H3. The number of anilines is 3. The first-order valence-corrected chi connectivity index (χ1v) is 14.6. The molecule has 0 saturated carbocycles. The minimum Gasteiger partial charge on any atom is -0.423 e. The predicted molar refractivity (Wildman–Crippen MR) is 183 cm³/mol. The summed E-state index contributed by atoms with van der Waals surface area (Å²) < 4.78 is 10.6. The van der Waals surface area contributed by atoms with Crippen molar-refractivity contribution in [2.24, 2.45) is 0 Å². The Morgan fingerprint density at radius 3 is 1.27 bits per heavy atom. The highest BCUT2D eigenvalue weighted by Crippen LogP contribution is 2.38. The Balaban J connectivity index is 1.46. The summed E-state index contributed by atoms with van der Waals surface area (Å²) in [6.45, 7) is 15.4. The van der Waals surface area contributed by atoms with Gasteiger partial charge in [-0.25, -0.2) is 9.59 Å². The van der Waals surface area contributed by atoms with E-state index < -0.39 is 11.9 Å². The molecule has 0 unspecified atom stereocenters. The van der Waals surface area contributed by atoms with Crippen molar-refractivity contribution in [3.8, 4) is 33.8 Å². The van der Waals surface area contributed by atoms with Crippen LogP contribution in [0.2, 0.25) is 0 Å². The molecule has 5 nitrogen and oxygen atoms in total. The molecule has 0 aliphatic heterocycles. The Labute approximate surface area is 264 Å². The van der Waals surface area contributed by atoms with E-state index in [4.69, 9.17) is 9.47 Å². The molecule has 45 heavy (non-hydrogen) atoms. The van der Waals surface area contributed by atoms with E-state index in [-0.39, 0.29) is 11.5 Å². The summed E-state index contributed by atoms with van der Waals surface area (Å²) in [4.78, 5) is 26.0. The highest BCUT2D eigenvalue weighted by atomic mass is 16.5. The molecule has 0 saturated heterocycles. The maximum atomic E-state index is 11.8. The number of hydrogen-bond donors (Lipinski definition) is 0.